The van der Waals surface area contributed by atoms with Crippen molar-refractivity contribution in [1.82, 2.24) is 4.90 Å². The second-order valence-corrected chi connectivity index (χ2v) is 13.3. The van der Waals surface area contributed by atoms with Gasteiger partial charge in [-0.05, 0) is 105 Å². The van der Waals surface area contributed by atoms with Crippen molar-refractivity contribution in [3.05, 3.63) is 103 Å². The first kappa shape index (κ1) is 33.4. The molecule has 0 spiro atoms. The molecule has 0 saturated carbocycles. The van der Waals surface area contributed by atoms with E-state index in [9.17, 15) is 19.8 Å². The summed E-state index contributed by atoms with van der Waals surface area (Å²) in [6, 6.07) is 12.8. The fourth-order valence-corrected chi connectivity index (χ4v) is 7.40. The van der Waals surface area contributed by atoms with Gasteiger partial charge in [-0.1, -0.05) is 42.3 Å². The Morgan fingerprint density at radius 2 is 1.76 bits per heavy atom. The van der Waals surface area contributed by atoms with E-state index >= 15 is 4.39 Å². The van der Waals surface area contributed by atoms with E-state index in [0.29, 0.717) is 70.3 Å². The van der Waals surface area contributed by atoms with E-state index in [1.165, 1.54) is 18.1 Å². The molecule has 0 aliphatic carbocycles. The molecule has 2 heterocycles. The van der Waals surface area contributed by atoms with Crippen LogP contribution in [-0.4, -0.2) is 47.3 Å². The normalized spacial score (nSPS) is 20.3. The first-order valence-electron chi connectivity index (χ1n) is 15.0. The summed E-state index contributed by atoms with van der Waals surface area (Å²) in [6.45, 7) is 7.64. The smallest absolute Gasteiger partial charge is 0.313 e. The summed E-state index contributed by atoms with van der Waals surface area (Å²) in [5, 5.41) is 22.9. The van der Waals surface area contributed by atoms with Crippen molar-refractivity contribution < 1.29 is 33.7 Å². The molecule has 240 valence electrons. The van der Waals surface area contributed by atoms with E-state index in [1.54, 1.807) is 63.2 Å². The third-order valence-corrected chi connectivity index (χ3v) is 10.2. The number of ether oxygens (including phenoxy) is 2. The summed E-state index contributed by atoms with van der Waals surface area (Å²) in [5.74, 6) is -2.48. The lowest BCUT2D eigenvalue weighted by Gasteiger charge is -2.40. The molecule has 2 N–H and O–H groups in total. The Morgan fingerprint density at radius 3 is 2.33 bits per heavy atom. The van der Waals surface area contributed by atoms with Gasteiger partial charge in [0.05, 0.1) is 28.7 Å². The number of rotatable bonds is 9. The van der Waals surface area contributed by atoms with Crippen LogP contribution < -0.4 is 0 Å². The van der Waals surface area contributed by atoms with Crippen molar-refractivity contribution in [1.29, 1.82) is 0 Å². The van der Waals surface area contributed by atoms with Gasteiger partial charge in [0.25, 0.3) is 5.91 Å². The maximum atomic E-state index is 16.7. The maximum Gasteiger partial charge on any atom is 0.313 e. The SMILES string of the molecule is CCC(O)(c1cc(F)c2c(c1)C(=O)N(Cc1c(C)cc(Cl)cc1C(C)(C)C(=O)O)[C@@]2(OC)c1ccc(Cl)cc1)C1CCOCC1. The quantitative estimate of drug-likeness (QED) is 0.250. The van der Waals surface area contributed by atoms with Gasteiger partial charge in [-0.15, -0.1) is 0 Å². The van der Waals surface area contributed by atoms with Gasteiger partial charge in [-0.25, -0.2) is 4.39 Å². The van der Waals surface area contributed by atoms with Crippen molar-refractivity contribution in [3.8, 4) is 0 Å². The lowest BCUT2D eigenvalue weighted by atomic mass is 9.74. The second kappa shape index (κ2) is 12.3. The highest BCUT2D eigenvalue weighted by Gasteiger charge is 2.55. The summed E-state index contributed by atoms with van der Waals surface area (Å²) in [4.78, 5) is 28.4. The van der Waals surface area contributed by atoms with Crippen LogP contribution in [0.25, 0.3) is 0 Å². The lowest BCUT2D eigenvalue weighted by molar-refractivity contribution is -0.142. The van der Waals surface area contributed by atoms with E-state index in [-0.39, 0.29) is 23.6 Å². The number of carboxylic acid groups (broad SMARTS) is 1. The van der Waals surface area contributed by atoms with Crippen LogP contribution in [0.15, 0.2) is 48.5 Å². The Hall–Kier alpha value is -3.01. The molecule has 1 fully saturated rings. The highest BCUT2D eigenvalue weighted by atomic mass is 35.5. The molecule has 2 atom stereocenters. The van der Waals surface area contributed by atoms with E-state index in [0.717, 1.165) is 0 Å². The molecule has 45 heavy (non-hydrogen) atoms. The van der Waals surface area contributed by atoms with Crippen LogP contribution in [0.2, 0.25) is 10.0 Å². The Labute approximate surface area is 272 Å². The highest BCUT2D eigenvalue weighted by Crippen LogP contribution is 2.50. The molecule has 2 aliphatic rings. The lowest BCUT2D eigenvalue weighted by Crippen LogP contribution is -2.46. The molecule has 7 nitrogen and oxygen atoms in total. The number of halogens is 3. The van der Waals surface area contributed by atoms with Crippen molar-refractivity contribution in [2.75, 3.05) is 20.3 Å². The summed E-state index contributed by atoms with van der Waals surface area (Å²) >= 11 is 12.6. The average Bonchev–Trinajstić information content (AvgIpc) is 3.26. The van der Waals surface area contributed by atoms with Crippen LogP contribution in [0.4, 0.5) is 4.39 Å². The van der Waals surface area contributed by atoms with Crippen LogP contribution in [-0.2, 0) is 37.6 Å². The van der Waals surface area contributed by atoms with Crippen LogP contribution in [0.3, 0.4) is 0 Å². The molecule has 1 amide bonds. The van der Waals surface area contributed by atoms with Gasteiger partial charge in [-0.3, -0.25) is 14.5 Å². The molecule has 0 bridgehead atoms. The maximum absolute atomic E-state index is 16.7. The molecule has 2 aliphatic heterocycles. The van der Waals surface area contributed by atoms with Crippen LogP contribution in [0.5, 0.6) is 0 Å². The number of carbonyl (C=O) groups excluding carboxylic acids is 1. The third-order valence-electron chi connectivity index (χ3n) is 9.71. The Balaban J connectivity index is 1.75. The topological polar surface area (TPSA) is 96.3 Å². The van der Waals surface area contributed by atoms with Gasteiger partial charge in [0.15, 0.2) is 5.72 Å². The zero-order chi connectivity index (χ0) is 32.9. The van der Waals surface area contributed by atoms with Gasteiger partial charge >= 0.3 is 5.97 Å². The predicted octanol–water partition coefficient (Wildman–Crippen LogP) is 7.33. The molecular formula is C35H38Cl2FNO6. The van der Waals surface area contributed by atoms with Crippen molar-refractivity contribution in [3.63, 3.8) is 0 Å². The van der Waals surface area contributed by atoms with E-state index in [2.05, 4.69) is 0 Å². The number of carboxylic acids is 1. The molecule has 5 rings (SSSR count). The van der Waals surface area contributed by atoms with Crippen LogP contribution in [0, 0.1) is 18.7 Å². The number of hydrogen-bond donors (Lipinski definition) is 2. The van der Waals surface area contributed by atoms with E-state index in [1.807, 2.05) is 6.92 Å². The number of aryl methyl sites for hydroxylation is 1. The van der Waals surface area contributed by atoms with Gasteiger partial charge in [-0.2, -0.15) is 0 Å². The highest BCUT2D eigenvalue weighted by molar-refractivity contribution is 6.31. The van der Waals surface area contributed by atoms with Gasteiger partial charge < -0.3 is 19.7 Å². The standard InChI is InChI=1S/C35H38Cl2FNO6/c1-6-34(43,21-11-13-45-14-12-21)23-16-26-30(29(38)17-23)35(44-5,22-7-9-24(36)10-8-22)39(31(26)40)19-27-20(2)15-25(37)18-28(27)33(3,4)32(41)42/h7-10,15-18,21,43H,6,11-14,19H2,1-5H3,(H,41,42)/t34?,35-/m1/s1. The number of nitrogens with zero attached hydrogens (tertiary/aromatic N) is 1. The number of amides is 1. The Bertz CT molecular complexity index is 1640. The van der Waals surface area contributed by atoms with Crippen LogP contribution in [0.1, 0.15) is 83.8 Å². The minimum atomic E-state index is -1.74. The number of fused-ring (bicyclic) bond motifs is 1. The van der Waals surface area contributed by atoms with Crippen molar-refractivity contribution >= 4 is 35.1 Å². The first-order valence-corrected chi connectivity index (χ1v) is 15.8. The number of carbonyl (C=O) groups is 2. The first-order chi connectivity index (χ1) is 21.2. The number of benzene rings is 3. The minimum Gasteiger partial charge on any atom is -0.481 e. The van der Waals surface area contributed by atoms with Crippen molar-refractivity contribution in [2.45, 2.75) is 70.2 Å². The zero-order valence-electron chi connectivity index (χ0n) is 26.0. The molecule has 3 aromatic rings. The molecule has 1 saturated heterocycles. The van der Waals surface area contributed by atoms with Gasteiger partial charge in [0, 0.05) is 35.9 Å². The number of methoxy groups -OCH3 is 1. The summed E-state index contributed by atoms with van der Waals surface area (Å²) in [5.41, 5.74) is -2.00. The Morgan fingerprint density at radius 1 is 1.11 bits per heavy atom. The van der Waals surface area contributed by atoms with E-state index < -0.39 is 34.4 Å². The Kier molecular flexibility index (Phi) is 9.12. The van der Waals surface area contributed by atoms with Crippen LogP contribution >= 0.6 is 23.2 Å². The molecule has 0 radical (unpaired) electrons. The monoisotopic (exact) mass is 657 g/mol. The van der Waals surface area contributed by atoms with Gasteiger partial charge in [0.2, 0.25) is 0 Å². The average molecular weight is 659 g/mol. The number of aliphatic hydroxyl groups is 1. The zero-order valence-corrected chi connectivity index (χ0v) is 27.6. The number of hydrogen-bond acceptors (Lipinski definition) is 5. The van der Waals surface area contributed by atoms with E-state index in [4.69, 9.17) is 32.7 Å². The molecule has 1 unspecified atom stereocenters. The largest absolute Gasteiger partial charge is 0.481 e. The summed E-state index contributed by atoms with van der Waals surface area (Å²) in [7, 11) is 1.40. The molecular weight excluding hydrogens is 620 g/mol. The van der Waals surface area contributed by atoms with Gasteiger partial charge in [0.1, 0.15) is 5.82 Å². The molecule has 3 aromatic carbocycles. The second-order valence-electron chi connectivity index (χ2n) is 12.5. The van der Waals surface area contributed by atoms with Crippen molar-refractivity contribution in [2.24, 2.45) is 5.92 Å². The minimum absolute atomic E-state index is 0.0113. The predicted molar refractivity (Wildman–Crippen MR) is 170 cm³/mol. The molecule has 10 heteroatoms. The molecule has 0 aromatic heterocycles. The fourth-order valence-electron chi connectivity index (χ4n) is 7.00. The third kappa shape index (κ3) is 5.44. The number of aliphatic carboxylic acids is 1. The summed E-state index contributed by atoms with van der Waals surface area (Å²) in [6.07, 6.45) is 1.53. The fraction of sp³-hybridized carbons (Fsp3) is 0.429. The summed E-state index contributed by atoms with van der Waals surface area (Å²) < 4.78 is 28.4.